The van der Waals surface area contributed by atoms with Gasteiger partial charge in [-0.15, -0.1) is 6.42 Å². The van der Waals surface area contributed by atoms with Gasteiger partial charge >= 0.3 is 24.0 Å². The molecule has 1 aliphatic rings. The lowest BCUT2D eigenvalue weighted by Gasteiger charge is -2.19. The zero-order chi connectivity index (χ0) is 22.6. The van der Waals surface area contributed by atoms with Gasteiger partial charge in [-0.2, -0.15) is 13.2 Å². The number of carbonyl (C=O) groups is 3. The Bertz CT molecular complexity index is 971. The molecule has 160 valence electrons. The summed E-state index contributed by atoms with van der Waals surface area (Å²) in [4.78, 5) is 35.1. The third-order valence-corrected chi connectivity index (χ3v) is 4.78. The molecule has 9 heteroatoms. The van der Waals surface area contributed by atoms with Gasteiger partial charge in [-0.3, -0.25) is 9.59 Å². The molecular weight excluding hydrogens is 403 g/mol. The van der Waals surface area contributed by atoms with E-state index in [-0.39, 0.29) is 41.8 Å². The molecule has 0 saturated heterocycles. The smallest absolute Gasteiger partial charge is 0.469 e. The highest BCUT2D eigenvalue weighted by Crippen LogP contribution is 2.38. The van der Waals surface area contributed by atoms with E-state index in [1.54, 1.807) is 25.2 Å². The number of nitrogens with one attached hydrogen (secondary N) is 1. The summed E-state index contributed by atoms with van der Waals surface area (Å²) in [5.41, 5.74) is 1.69. The molecule has 30 heavy (non-hydrogen) atoms. The topological polar surface area (TPSA) is 81.7 Å². The second-order valence-corrected chi connectivity index (χ2v) is 6.71. The Morgan fingerprint density at radius 1 is 1.33 bits per heavy atom. The van der Waals surface area contributed by atoms with Gasteiger partial charge in [0.05, 0.1) is 18.4 Å². The van der Waals surface area contributed by atoms with E-state index in [0.717, 1.165) is 5.57 Å². The molecule has 6 nitrogen and oxygen atoms in total. The Kier molecular flexibility index (Phi) is 6.92. The van der Waals surface area contributed by atoms with E-state index in [1.165, 1.54) is 7.11 Å². The Morgan fingerprint density at radius 3 is 2.57 bits per heavy atom. The van der Waals surface area contributed by atoms with Gasteiger partial charge in [-0.1, -0.05) is 17.6 Å². The highest BCUT2D eigenvalue weighted by Gasteiger charge is 2.41. The SMILES string of the molecule is C#Cc1c(C)c2c(c(NC(=O)C(F)(F)F)c1C/C=C(\C)CCC(=O)OC)C(=O)OC2. The molecule has 0 unspecified atom stereocenters. The van der Waals surface area contributed by atoms with Crippen LogP contribution in [0, 0.1) is 19.3 Å². The number of rotatable bonds is 6. The number of amides is 1. The summed E-state index contributed by atoms with van der Waals surface area (Å²) in [6.07, 6.45) is 2.66. The molecule has 1 amide bonds. The fourth-order valence-corrected chi connectivity index (χ4v) is 3.11. The fraction of sp³-hybridized carbons (Fsp3) is 0.381. The Labute approximate surface area is 171 Å². The number of fused-ring (bicyclic) bond motifs is 1. The number of ether oxygens (including phenoxy) is 2. The molecular formula is C21H20F3NO5. The zero-order valence-corrected chi connectivity index (χ0v) is 16.7. The van der Waals surface area contributed by atoms with Gasteiger partial charge in [0.25, 0.3) is 0 Å². The molecule has 0 atom stereocenters. The highest BCUT2D eigenvalue weighted by molar-refractivity contribution is 6.06. The Morgan fingerprint density at radius 2 is 2.00 bits per heavy atom. The molecule has 1 heterocycles. The van der Waals surface area contributed by atoms with Crippen molar-refractivity contribution >= 4 is 23.5 Å². The summed E-state index contributed by atoms with van der Waals surface area (Å²) < 4.78 is 48.2. The second kappa shape index (κ2) is 9.03. The van der Waals surface area contributed by atoms with E-state index in [0.29, 0.717) is 17.5 Å². The number of hydrogen-bond donors (Lipinski definition) is 1. The third-order valence-electron chi connectivity index (χ3n) is 4.78. The number of terminal acetylenes is 1. The van der Waals surface area contributed by atoms with Crippen molar-refractivity contribution in [3.63, 3.8) is 0 Å². The van der Waals surface area contributed by atoms with Crippen LogP contribution in [-0.2, 0) is 32.1 Å². The lowest BCUT2D eigenvalue weighted by atomic mass is 9.89. The lowest BCUT2D eigenvalue weighted by Crippen LogP contribution is -2.31. The highest BCUT2D eigenvalue weighted by atomic mass is 19.4. The number of alkyl halides is 3. The molecule has 0 saturated carbocycles. The Hall–Kier alpha value is -3.28. The first-order valence-corrected chi connectivity index (χ1v) is 8.93. The first-order valence-electron chi connectivity index (χ1n) is 8.93. The quantitative estimate of drug-likeness (QED) is 0.430. The molecule has 0 radical (unpaired) electrons. The summed E-state index contributed by atoms with van der Waals surface area (Å²) in [7, 11) is 1.27. The summed E-state index contributed by atoms with van der Waals surface area (Å²) in [6, 6.07) is 0. The van der Waals surface area contributed by atoms with E-state index in [1.807, 2.05) is 0 Å². The van der Waals surface area contributed by atoms with Crippen molar-refractivity contribution in [2.24, 2.45) is 0 Å². The van der Waals surface area contributed by atoms with Crippen LogP contribution in [0.15, 0.2) is 11.6 Å². The van der Waals surface area contributed by atoms with Crippen molar-refractivity contribution < 1.29 is 37.0 Å². The van der Waals surface area contributed by atoms with E-state index in [9.17, 15) is 27.6 Å². The molecule has 2 rings (SSSR count). The monoisotopic (exact) mass is 423 g/mol. The fourth-order valence-electron chi connectivity index (χ4n) is 3.11. The van der Waals surface area contributed by atoms with Crippen molar-refractivity contribution in [3.05, 3.63) is 39.5 Å². The number of carbonyl (C=O) groups excluding carboxylic acids is 3. The number of anilines is 1. The molecule has 0 aliphatic carbocycles. The van der Waals surface area contributed by atoms with Crippen LogP contribution in [0.1, 0.15) is 52.4 Å². The maximum atomic E-state index is 12.9. The van der Waals surface area contributed by atoms with Crippen LogP contribution >= 0.6 is 0 Å². The van der Waals surface area contributed by atoms with Crippen LogP contribution in [0.4, 0.5) is 18.9 Å². The number of allylic oxidation sites excluding steroid dienone is 2. The molecule has 1 aromatic rings. The number of halogens is 3. The molecule has 0 aromatic heterocycles. The van der Waals surface area contributed by atoms with Crippen LogP contribution in [0.25, 0.3) is 0 Å². The molecule has 0 bridgehead atoms. The number of methoxy groups -OCH3 is 1. The molecule has 0 spiro atoms. The average molecular weight is 423 g/mol. The lowest BCUT2D eigenvalue weighted by molar-refractivity contribution is -0.167. The van der Waals surface area contributed by atoms with Crippen molar-refractivity contribution in [1.82, 2.24) is 0 Å². The van der Waals surface area contributed by atoms with Gasteiger partial charge < -0.3 is 14.8 Å². The number of cyclic esters (lactones) is 1. The first kappa shape index (κ1) is 23.0. The molecule has 1 aliphatic heterocycles. The van der Waals surface area contributed by atoms with Gasteiger partial charge in [0.2, 0.25) is 0 Å². The maximum absolute atomic E-state index is 12.9. The zero-order valence-electron chi connectivity index (χ0n) is 16.7. The number of hydrogen-bond acceptors (Lipinski definition) is 5. The van der Waals surface area contributed by atoms with Crippen molar-refractivity contribution in [2.75, 3.05) is 12.4 Å². The maximum Gasteiger partial charge on any atom is 0.471 e. The van der Waals surface area contributed by atoms with Crippen molar-refractivity contribution in [3.8, 4) is 12.3 Å². The minimum absolute atomic E-state index is 0.0431. The van der Waals surface area contributed by atoms with Gasteiger partial charge in [-0.05, 0) is 37.8 Å². The third kappa shape index (κ3) is 4.82. The van der Waals surface area contributed by atoms with Crippen LogP contribution < -0.4 is 5.32 Å². The molecule has 0 fully saturated rings. The normalized spacial score (nSPS) is 13.4. The Balaban J connectivity index is 2.54. The molecule has 1 N–H and O–H groups in total. The summed E-state index contributed by atoms with van der Waals surface area (Å²) in [6.45, 7) is 3.24. The minimum Gasteiger partial charge on any atom is -0.469 e. The van der Waals surface area contributed by atoms with Crippen molar-refractivity contribution in [2.45, 2.75) is 45.9 Å². The van der Waals surface area contributed by atoms with Gasteiger partial charge in [-0.25, -0.2) is 4.79 Å². The number of benzene rings is 1. The standard InChI is InChI=1S/C21H20F3NO5/c1-5-13-12(3)15-10-30-19(27)17(15)18(25-20(28)21(22,23)24)14(13)8-6-11(2)7-9-16(26)29-4/h1,6H,7-10H2,2-4H3,(H,25,28)/b11-6+. The van der Waals surface area contributed by atoms with Crippen LogP contribution in [0.3, 0.4) is 0 Å². The van der Waals surface area contributed by atoms with Crippen LogP contribution in [0.2, 0.25) is 0 Å². The van der Waals surface area contributed by atoms with E-state index >= 15 is 0 Å². The average Bonchev–Trinajstić information content (AvgIpc) is 3.07. The van der Waals surface area contributed by atoms with Gasteiger partial charge in [0.1, 0.15) is 6.61 Å². The first-order chi connectivity index (χ1) is 14.0. The van der Waals surface area contributed by atoms with Gasteiger partial charge in [0, 0.05) is 17.5 Å². The largest absolute Gasteiger partial charge is 0.471 e. The van der Waals surface area contributed by atoms with Gasteiger partial charge in [0.15, 0.2) is 0 Å². The van der Waals surface area contributed by atoms with Crippen LogP contribution in [0.5, 0.6) is 0 Å². The van der Waals surface area contributed by atoms with Crippen LogP contribution in [-0.4, -0.2) is 31.1 Å². The van der Waals surface area contributed by atoms with E-state index < -0.39 is 24.0 Å². The van der Waals surface area contributed by atoms with E-state index in [2.05, 4.69) is 10.7 Å². The minimum atomic E-state index is -5.15. The predicted octanol–water partition coefficient (Wildman–Crippen LogP) is 3.59. The second-order valence-electron chi connectivity index (χ2n) is 6.71. The number of esters is 2. The summed E-state index contributed by atoms with van der Waals surface area (Å²) >= 11 is 0. The van der Waals surface area contributed by atoms with E-state index in [4.69, 9.17) is 11.2 Å². The summed E-state index contributed by atoms with van der Waals surface area (Å²) in [5.74, 6) is -1.01. The molecule has 1 aromatic carbocycles. The summed E-state index contributed by atoms with van der Waals surface area (Å²) in [5, 5.41) is 1.80. The van der Waals surface area contributed by atoms with Crippen molar-refractivity contribution in [1.29, 1.82) is 0 Å². The predicted molar refractivity (Wildman–Crippen MR) is 102 cm³/mol.